The van der Waals surface area contributed by atoms with E-state index in [1.807, 2.05) is 6.92 Å². The number of benzene rings is 1. The third kappa shape index (κ3) is 3.87. The van der Waals surface area contributed by atoms with E-state index in [1.165, 1.54) is 5.56 Å². The number of ether oxygens (including phenoxy) is 2. The van der Waals surface area contributed by atoms with E-state index in [2.05, 4.69) is 45.2 Å². The standard InChI is InChI=1S/C15H23BrN2O2/c1-4-20-14-8-12(7-13(16)15(14)19-3)10-18-6-5-17-11(2)9-18/h7-8,11,17H,4-6,9-10H2,1-3H3/t11-/m1/s1. The molecule has 0 saturated carbocycles. The van der Waals surface area contributed by atoms with E-state index in [0.717, 1.165) is 42.2 Å². The Bertz CT molecular complexity index is 454. The highest BCUT2D eigenvalue weighted by Gasteiger charge is 2.17. The zero-order chi connectivity index (χ0) is 14.5. The summed E-state index contributed by atoms with van der Waals surface area (Å²) in [6.07, 6.45) is 0. The predicted molar refractivity (Wildman–Crippen MR) is 84.6 cm³/mol. The first kappa shape index (κ1) is 15.6. The van der Waals surface area contributed by atoms with Gasteiger partial charge in [0.05, 0.1) is 18.2 Å². The van der Waals surface area contributed by atoms with Gasteiger partial charge in [-0.3, -0.25) is 4.90 Å². The molecule has 0 spiro atoms. The first-order valence-corrected chi connectivity index (χ1v) is 7.88. The van der Waals surface area contributed by atoms with Crippen LogP contribution in [0.4, 0.5) is 0 Å². The van der Waals surface area contributed by atoms with Crippen LogP contribution in [0.25, 0.3) is 0 Å². The number of hydrogen-bond donors (Lipinski definition) is 1. The molecule has 0 unspecified atom stereocenters. The molecule has 1 atom stereocenters. The third-order valence-electron chi connectivity index (χ3n) is 3.43. The quantitative estimate of drug-likeness (QED) is 0.891. The molecule has 2 rings (SSSR count). The molecule has 1 N–H and O–H groups in total. The summed E-state index contributed by atoms with van der Waals surface area (Å²) in [6, 6.07) is 4.75. The van der Waals surface area contributed by atoms with E-state index in [1.54, 1.807) is 7.11 Å². The van der Waals surface area contributed by atoms with Crippen LogP contribution in [0.2, 0.25) is 0 Å². The number of piperazine rings is 1. The molecular weight excluding hydrogens is 320 g/mol. The molecule has 112 valence electrons. The van der Waals surface area contributed by atoms with Gasteiger partial charge in [-0.1, -0.05) is 0 Å². The van der Waals surface area contributed by atoms with Crippen molar-refractivity contribution >= 4 is 15.9 Å². The molecular formula is C15H23BrN2O2. The number of hydrogen-bond acceptors (Lipinski definition) is 4. The number of halogens is 1. The Morgan fingerprint density at radius 2 is 2.25 bits per heavy atom. The fourth-order valence-corrected chi connectivity index (χ4v) is 3.24. The molecule has 1 heterocycles. The maximum Gasteiger partial charge on any atom is 0.174 e. The topological polar surface area (TPSA) is 33.7 Å². The molecule has 1 aliphatic rings. The summed E-state index contributed by atoms with van der Waals surface area (Å²) < 4.78 is 12.0. The Kier molecular flexibility index (Phi) is 5.69. The Labute approximate surface area is 129 Å². The lowest BCUT2D eigenvalue weighted by Gasteiger charge is -2.32. The van der Waals surface area contributed by atoms with Crippen molar-refractivity contribution in [1.82, 2.24) is 10.2 Å². The molecule has 5 heteroatoms. The van der Waals surface area contributed by atoms with Gasteiger partial charge in [-0.2, -0.15) is 0 Å². The maximum absolute atomic E-state index is 5.67. The van der Waals surface area contributed by atoms with Crippen LogP contribution in [-0.4, -0.2) is 44.3 Å². The average molecular weight is 343 g/mol. The normalized spacial score (nSPS) is 19.9. The summed E-state index contributed by atoms with van der Waals surface area (Å²) in [6.45, 7) is 8.99. The second-order valence-electron chi connectivity index (χ2n) is 5.13. The fourth-order valence-electron chi connectivity index (χ4n) is 2.59. The lowest BCUT2D eigenvalue weighted by Crippen LogP contribution is -2.48. The first-order chi connectivity index (χ1) is 9.63. The van der Waals surface area contributed by atoms with Gasteiger partial charge in [0.1, 0.15) is 0 Å². The molecule has 1 aromatic carbocycles. The summed E-state index contributed by atoms with van der Waals surface area (Å²) in [5.74, 6) is 1.58. The van der Waals surface area contributed by atoms with Crippen molar-refractivity contribution in [3.05, 3.63) is 22.2 Å². The van der Waals surface area contributed by atoms with E-state index < -0.39 is 0 Å². The van der Waals surface area contributed by atoms with Crippen LogP contribution in [-0.2, 0) is 6.54 Å². The van der Waals surface area contributed by atoms with Crippen molar-refractivity contribution in [2.75, 3.05) is 33.4 Å². The van der Waals surface area contributed by atoms with Crippen LogP contribution in [0.5, 0.6) is 11.5 Å². The summed E-state index contributed by atoms with van der Waals surface area (Å²) >= 11 is 3.57. The van der Waals surface area contributed by atoms with Crippen molar-refractivity contribution in [2.45, 2.75) is 26.4 Å². The third-order valence-corrected chi connectivity index (χ3v) is 4.02. The van der Waals surface area contributed by atoms with E-state index in [9.17, 15) is 0 Å². The fraction of sp³-hybridized carbons (Fsp3) is 0.600. The highest BCUT2D eigenvalue weighted by atomic mass is 79.9. The van der Waals surface area contributed by atoms with Crippen molar-refractivity contribution in [1.29, 1.82) is 0 Å². The predicted octanol–water partition coefficient (Wildman–Crippen LogP) is 2.65. The van der Waals surface area contributed by atoms with E-state index >= 15 is 0 Å². The Balaban J connectivity index is 2.15. The minimum atomic E-state index is 0.553. The number of nitrogens with one attached hydrogen (secondary N) is 1. The van der Waals surface area contributed by atoms with E-state index in [4.69, 9.17) is 9.47 Å². The van der Waals surface area contributed by atoms with Crippen molar-refractivity contribution in [2.24, 2.45) is 0 Å². The summed E-state index contributed by atoms with van der Waals surface area (Å²) in [7, 11) is 1.67. The first-order valence-electron chi connectivity index (χ1n) is 7.09. The molecule has 0 aliphatic carbocycles. The zero-order valence-electron chi connectivity index (χ0n) is 12.4. The monoisotopic (exact) mass is 342 g/mol. The zero-order valence-corrected chi connectivity index (χ0v) is 14.0. The van der Waals surface area contributed by atoms with Crippen LogP contribution in [0.1, 0.15) is 19.4 Å². The van der Waals surface area contributed by atoms with Gasteiger partial charge < -0.3 is 14.8 Å². The molecule has 20 heavy (non-hydrogen) atoms. The lowest BCUT2D eigenvalue weighted by molar-refractivity contribution is 0.199. The van der Waals surface area contributed by atoms with Crippen molar-refractivity contribution in [3.63, 3.8) is 0 Å². The minimum Gasteiger partial charge on any atom is -0.492 e. The SMILES string of the molecule is CCOc1cc(CN2CCN[C@H](C)C2)cc(Br)c1OC. The molecule has 1 aliphatic heterocycles. The Morgan fingerprint density at radius 1 is 1.45 bits per heavy atom. The van der Waals surface area contributed by atoms with Crippen LogP contribution in [0.3, 0.4) is 0 Å². The van der Waals surface area contributed by atoms with Crippen LogP contribution in [0, 0.1) is 0 Å². The maximum atomic E-state index is 5.67. The van der Waals surface area contributed by atoms with Gasteiger partial charge in [0, 0.05) is 32.2 Å². The molecule has 4 nitrogen and oxygen atoms in total. The second kappa shape index (κ2) is 7.29. The van der Waals surface area contributed by atoms with Gasteiger partial charge in [-0.05, 0) is 47.5 Å². The van der Waals surface area contributed by atoms with Gasteiger partial charge in [0.2, 0.25) is 0 Å². The van der Waals surface area contributed by atoms with Crippen LogP contribution in [0.15, 0.2) is 16.6 Å². The molecule has 0 amide bonds. The molecule has 1 aromatic rings. The smallest absolute Gasteiger partial charge is 0.174 e. The van der Waals surface area contributed by atoms with Gasteiger partial charge >= 0.3 is 0 Å². The number of methoxy groups -OCH3 is 1. The minimum absolute atomic E-state index is 0.553. The lowest BCUT2D eigenvalue weighted by atomic mass is 10.1. The Morgan fingerprint density at radius 3 is 2.90 bits per heavy atom. The summed E-state index contributed by atoms with van der Waals surface area (Å²) in [4.78, 5) is 2.46. The van der Waals surface area contributed by atoms with Crippen molar-refractivity contribution < 1.29 is 9.47 Å². The largest absolute Gasteiger partial charge is 0.492 e. The molecule has 1 fully saturated rings. The Hall–Kier alpha value is -0.780. The second-order valence-corrected chi connectivity index (χ2v) is 5.99. The summed E-state index contributed by atoms with van der Waals surface area (Å²) in [5, 5.41) is 3.46. The van der Waals surface area contributed by atoms with Crippen LogP contribution < -0.4 is 14.8 Å². The highest BCUT2D eigenvalue weighted by molar-refractivity contribution is 9.10. The van der Waals surface area contributed by atoms with E-state index in [0.29, 0.717) is 12.6 Å². The highest BCUT2D eigenvalue weighted by Crippen LogP contribution is 2.36. The van der Waals surface area contributed by atoms with Crippen molar-refractivity contribution in [3.8, 4) is 11.5 Å². The molecule has 0 bridgehead atoms. The van der Waals surface area contributed by atoms with Gasteiger partial charge in [0.15, 0.2) is 11.5 Å². The van der Waals surface area contributed by atoms with Gasteiger partial charge in [-0.25, -0.2) is 0 Å². The van der Waals surface area contributed by atoms with Crippen LogP contribution >= 0.6 is 15.9 Å². The number of nitrogens with zero attached hydrogens (tertiary/aromatic N) is 1. The van der Waals surface area contributed by atoms with Gasteiger partial charge in [-0.15, -0.1) is 0 Å². The molecule has 0 aromatic heterocycles. The molecule has 1 saturated heterocycles. The van der Waals surface area contributed by atoms with E-state index in [-0.39, 0.29) is 0 Å². The average Bonchev–Trinajstić information content (AvgIpc) is 2.39. The molecule has 0 radical (unpaired) electrons. The number of rotatable bonds is 5. The van der Waals surface area contributed by atoms with Gasteiger partial charge in [0.25, 0.3) is 0 Å². The summed E-state index contributed by atoms with van der Waals surface area (Å²) in [5.41, 5.74) is 1.25.